The predicted molar refractivity (Wildman–Crippen MR) is 78.2 cm³/mol. The molecule has 1 fully saturated rings. The smallest absolute Gasteiger partial charge is 0.253 e. The number of ether oxygens (including phenoxy) is 2. The number of rotatable bonds is 5. The molecule has 0 saturated carbocycles. The SMILES string of the molecule is CCOc1cc(Cl)ccc1NC(=O)[C@@H]1CC[C@H](CN)O1. The molecule has 0 aliphatic carbocycles. The zero-order chi connectivity index (χ0) is 14.5. The summed E-state index contributed by atoms with van der Waals surface area (Å²) in [6, 6.07) is 5.11. The highest BCUT2D eigenvalue weighted by Crippen LogP contribution is 2.29. The van der Waals surface area contributed by atoms with Gasteiger partial charge in [0.2, 0.25) is 0 Å². The molecular weight excluding hydrogens is 280 g/mol. The molecule has 1 heterocycles. The molecule has 3 N–H and O–H groups in total. The Hall–Kier alpha value is -1.30. The minimum atomic E-state index is -0.450. The number of amides is 1. The lowest BCUT2D eigenvalue weighted by Crippen LogP contribution is -2.29. The largest absolute Gasteiger partial charge is 0.492 e. The number of hydrogen-bond acceptors (Lipinski definition) is 4. The van der Waals surface area contributed by atoms with Crippen LogP contribution in [0.3, 0.4) is 0 Å². The van der Waals surface area contributed by atoms with E-state index >= 15 is 0 Å². The molecule has 2 atom stereocenters. The third kappa shape index (κ3) is 3.62. The maximum atomic E-state index is 12.2. The molecule has 0 spiro atoms. The fourth-order valence-electron chi connectivity index (χ4n) is 2.16. The molecule has 0 radical (unpaired) electrons. The van der Waals surface area contributed by atoms with Crippen LogP contribution in [0.15, 0.2) is 18.2 Å². The van der Waals surface area contributed by atoms with Crippen LogP contribution in [0.5, 0.6) is 5.75 Å². The molecule has 5 nitrogen and oxygen atoms in total. The topological polar surface area (TPSA) is 73.6 Å². The van der Waals surface area contributed by atoms with E-state index in [1.54, 1.807) is 18.2 Å². The maximum Gasteiger partial charge on any atom is 0.253 e. The number of carbonyl (C=O) groups is 1. The molecule has 0 aromatic heterocycles. The summed E-state index contributed by atoms with van der Waals surface area (Å²) in [5, 5.41) is 3.38. The van der Waals surface area contributed by atoms with Crippen LogP contribution in [-0.4, -0.2) is 31.3 Å². The van der Waals surface area contributed by atoms with Gasteiger partial charge in [0, 0.05) is 17.6 Å². The molecule has 2 rings (SSSR count). The summed E-state index contributed by atoms with van der Waals surface area (Å²) >= 11 is 5.92. The third-order valence-corrected chi connectivity index (χ3v) is 3.40. The third-order valence-electron chi connectivity index (χ3n) is 3.16. The molecule has 1 aliphatic rings. The number of nitrogens with two attached hydrogens (primary N) is 1. The molecule has 20 heavy (non-hydrogen) atoms. The lowest BCUT2D eigenvalue weighted by atomic mass is 10.2. The monoisotopic (exact) mass is 298 g/mol. The highest BCUT2D eigenvalue weighted by molar-refractivity contribution is 6.30. The normalized spacial score (nSPS) is 21.8. The first-order valence-corrected chi connectivity index (χ1v) is 7.10. The van der Waals surface area contributed by atoms with E-state index in [4.69, 9.17) is 26.8 Å². The average molecular weight is 299 g/mol. The van der Waals surface area contributed by atoms with Crippen molar-refractivity contribution in [2.24, 2.45) is 5.73 Å². The second kappa shape index (κ2) is 6.92. The number of hydrogen-bond donors (Lipinski definition) is 2. The van der Waals surface area contributed by atoms with Crippen LogP contribution in [-0.2, 0) is 9.53 Å². The molecule has 110 valence electrons. The summed E-state index contributed by atoms with van der Waals surface area (Å²) in [6.45, 7) is 2.81. The van der Waals surface area contributed by atoms with Gasteiger partial charge in [-0.3, -0.25) is 4.79 Å². The van der Waals surface area contributed by atoms with E-state index in [0.29, 0.717) is 36.0 Å². The van der Waals surface area contributed by atoms with E-state index in [1.807, 2.05) is 6.92 Å². The van der Waals surface area contributed by atoms with Gasteiger partial charge in [-0.15, -0.1) is 0 Å². The van der Waals surface area contributed by atoms with Gasteiger partial charge in [-0.05, 0) is 31.9 Å². The number of anilines is 1. The van der Waals surface area contributed by atoms with Crippen molar-refractivity contribution in [3.05, 3.63) is 23.2 Å². The average Bonchev–Trinajstić information content (AvgIpc) is 2.91. The zero-order valence-electron chi connectivity index (χ0n) is 11.4. The van der Waals surface area contributed by atoms with Crippen molar-refractivity contribution in [2.75, 3.05) is 18.5 Å². The minimum Gasteiger partial charge on any atom is -0.492 e. The van der Waals surface area contributed by atoms with Gasteiger partial charge in [0.1, 0.15) is 11.9 Å². The van der Waals surface area contributed by atoms with Crippen LogP contribution in [0.4, 0.5) is 5.69 Å². The fourth-order valence-corrected chi connectivity index (χ4v) is 2.32. The first-order chi connectivity index (χ1) is 9.63. The van der Waals surface area contributed by atoms with Crippen LogP contribution >= 0.6 is 11.6 Å². The summed E-state index contributed by atoms with van der Waals surface area (Å²) < 4.78 is 11.0. The van der Waals surface area contributed by atoms with Crippen molar-refractivity contribution < 1.29 is 14.3 Å². The summed E-state index contributed by atoms with van der Waals surface area (Å²) in [5.74, 6) is 0.381. The predicted octanol–water partition coefficient (Wildman–Crippen LogP) is 2.18. The second-order valence-corrected chi connectivity index (χ2v) is 5.06. The summed E-state index contributed by atoms with van der Waals surface area (Å²) in [6.07, 6.45) is 1.02. The molecule has 1 amide bonds. The Morgan fingerprint density at radius 2 is 2.35 bits per heavy atom. The first kappa shape index (κ1) is 15.1. The molecule has 1 aliphatic heterocycles. The van der Waals surface area contributed by atoms with Crippen molar-refractivity contribution in [2.45, 2.75) is 32.0 Å². The Kier molecular flexibility index (Phi) is 5.23. The van der Waals surface area contributed by atoms with Crippen LogP contribution in [0.2, 0.25) is 5.02 Å². The van der Waals surface area contributed by atoms with Crippen LogP contribution in [0, 0.1) is 0 Å². The van der Waals surface area contributed by atoms with Gasteiger partial charge in [0.05, 0.1) is 18.4 Å². The van der Waals surface area contributed by atoms with Crippen LogP contribution in [0.1, 0.15) is 19.8 Å². The summed E-state index contributed by atoms with van der Waals surface area (Å²) in [5.41, 5.74) is 6.14. The molecular formula is C14H19ClN2O3. The van der Waals surface area contributed by atoms with Crippen molar-refractivity contribution in [3.63, 3.8) is 0 Å². The second-order valence-electron chi connectivity index (χ2n) is 4.62. The number of halogens is 1. The van der Waals surface area contributed by atoms with Crippen LogP contribution in [0.25, 0.3) is 0 Å². The fraction of sp³-hybridized carbons (Fsp3) is 0.500. The van der Waals surface area contributed by atoms with Crippen LogP contribution < -0.4 is 15.8 Å². The highest BCUT2D eigenvalue weighted by Gasteiger charge is 2.30. The number of benzene rings is 1. The minimum absolute atomic E-state index is 0.0256. The maximum absolute atomic E-state index is 12.2. The van der Waals surface area contributed by atoms with Crippen molar-refractivity contribution >= 4 is 23.2 Å². The molecule has 1 aromatic carbocycles. The highest BCUT2D eigenvalue weighted by atomic mass is 35.5. The Balaban J connectivity index is 2.04. The van der Waals surface area contributed by atoms with Gasteiger partial charge >= 0.3 is 0 Å². The molecule has 1 saturated heterocycles. The summed E-state index contributed by atoms with van der Waals surface area (Å²) in [7, 11) is 0. The Morgan fingerprint density at radius 3 is 3.00 bits per heavy atom. The Bertz CT molecular complexity index is 481. The van der Waals surface area contributed by atoms with E-state index in [9.17, 15) is 4.79 Å². The first-order valence-electron chi connectivity index (χ1n) is 6.72. The van der Waals surface area contributed by atoms with E-state index < -0.39 is 6.10 Å². The number of nitrogens with one attached hydrogen (secondary N) is 1. The lowest BCUT2D eigenvalue weighted by molar-refractivity contribution is -0.126. The standard InChI is InChI=1S/C14H19ClN2O3/c1-2-19-13-7-9(15)3-5-11(13)17-14(18)12-6-4-10(8-16)20-12/h3,5,7,10,12H,2,4,6,8,16H2,1H3,(H,17,18)/t10-,12+/m1/s1. The quantitative estimate of drug-likeness (QED) is 0.874. The number of carbonyl (C=O) groups excluding carboxylic acids is 1. The van der Waals surface area contributed by atoms with Gasteiger partial charge in [0.25, 0.3) is 5.91 Å². The molecule has 6 heteroatoms. The van der Waals surface area contributed by atoms with Gasteiger partial charge in [-0.2, -0.15) is 0 Å². The van der Waals surface area contributed by atoms with Gasteiger partial charge in [-0.25, -0.2) is 0 Å². The van der Waals surface area contributed by atoms with Crippen molar-refractivity contribution in [1.82, 2.24) is 0 Å². The van der Waals surface area contributed by atoms with E-state index in [2.05, 4.69) is 5.32 Å². The Labute approximate surface area is 123 Å². The van der Waals surface area contributed by atoms with Gasteiger partial charge in [0.15, 0.2) is 0 Å². The van der Waals surface area contributed by atoms with E-state index in [-0.39, 0.29) is 12.0 Å². The Morgan fingerprint density at radius 1 is 1.55 bits per heavy atom. The van der Waals surface area contributed by atoms with E-state index in [0.717, 1.165) is 6.42 Å². The zero-order valence-corrected chi connectivity index (χ0v) is 12.2. The van der Waals surface area contributed by atoms with Crippen molar-refractivity contribution in [1.29, 1.82) is 0 Å². The van der Waals surface area contributed by atoms with Gasteiger partial charge < -0.3 is 20.5 Å². The summed E-state index contributed by atoms with van der Waals surface area (Å²) in [4.78, 5) is 12.2. The van der Waals surface area contributed by atoms with Crippen molar-refractivity contribution in [3.8, 4) is 5.75 Å². The van der Waals surface area contributed by atoms with Gasteiger partial charge in [-0.1, -0.05) is 11.6 Å². The van der Waals surface area contributed by atoms with E-state index in [1.165, 1.54) is 0 Å². The lowest BCUT2D eigenvalue weighted by Gasteiger charge is -2.15. The molecule has 1 aromatic rings. The molecule has 0 unspecified atom stereocenters. The molecule has 0 bridgehead atoms.